The summed E-state index contributed by atoms with van der Waals surface area (Å²) in [7, 11) is 0. The van der Waals surface area contributed by atoms with Crippen molar-refractivity contribution >= 4 is 34.1 Å². The second-order valence-corrected chi connectivity index (χ2v) is 9.40. The number of carbonyl (C=O) groups is 1. The first-order valence-corrected chi connectivity index (χ1v) is 12.1. The largest absolute Gasteiger partial charge is 0.376 e. The van der Waals surface area contributed by atoms with Crippen molar-refractivity contribution in [3.05, 3.63) is 41.5 Å². The van der Waals surface area contributed by atoms with E-state index in [9.17, 15) is 4.79 Å². The van der Waals surface area contributed by atoms with Crippen molar-refractivity contribution in [1.82, 2.24) is 19.7 Å². The lowest BCUT2D eigenvalue weighted by Gasteiger charge is -2.14. The number of nitrogens with zero attached hydrogens (tertiary/aromatic N) is 4. The van der Waals surface area contributed by atoms with Crippen molar-refractivity contribution in [3.63, 3.8) is 0 Å². The minimum absolute atomic E-state index is 0.0893. The molecule has 2 aliphatic rings. The summed E-state index contributed by atoms with van der Waals surface area (Å²) in [5.41, 5.74) is 1.91. The number of nitrogens with one attached hydrogen (secondary N) is 1. The number of hydrogen-bond acceptors (Lipinski definition) is 7. The Hall–Kier alpha value is -2.23. The number of hydrogen-bond donors (Lipinski definition) is 1. The van der Waals surface area contributed by atoms with Crippen LogP contribution in [0.5, 0.6) is 0 Å². The number of benzene rings is 1. The monoisotopic (exact) mass is 441 g/mol. The average Bonchev–Trinajstić information content (AvgIpc) is 3.15. The zero-order chi connectivity index (χ0) is 20.3. The number of amides is 1. The third-order valence-electron chi connectivity index (χ3n) is 5.25. The van der Waals surface area contributed by atoms with E-state index in [2.05, 4.69) is 25.1 Å². The smallest absolute Gasteiger partial charge is 0.236 e. The molecule has 7 nitrogen and oxygen atoms in total. The van der Waals surface area contributed by atoms with Crippen LogP contribution in [0.4, 0.5) is 5.13 Å². The highest BCUT2D eigenvalue weighted by atomic mass is 32.2. The molecular weight excluding hydrogens is 418 g/mol. The van der Waals surface area contributed by atoms with Crippen LogP contribution in [-0.2, 0) is 16.1 Å². The zero-order valence-corrected chi connectivity index (χ0v) is 18.1. The fraction of sp³-hybridized carbons (Fsp3) is 0.429. The van der Waals surface area contributed by atoms with Crippen LogP contribution in [-0.4, -0.2) is 44.1 Å². The molecular formula is C21H23N5O2S2. The normalized spacial score (nSPS) is 18.6. The van der Waals surface area contributed by atoms with E-state index in [4.69, 9.17) is 4.74 Å². The summed E-state index contributed by atoms with van der Waals surface area (Å²) in [6, 6.07) is 9.95. The van der Waals surface area contributed by atoms with Gasteiger partial charge in [-0.3, -0.25) is 4.79 Å². The minimum atomic E-state index is -0.0893. The maximum absolute atomic E-state index is 12.5. The molecule has 0 spiro atoms. The van der Waals surface area contributed by atoms with Gasteiger partial charge in [-0.15, -0.1) is 21.5 Å². The standard InChI is InChI=1S/C21H23N5O2S2/c27-18(23-20-22-17(12-29-20)14-5-2-1-3-6-14)13-30-21-25-24-19(15-8-9-15)26(21)11-16-7-4-10-28-16/h1-3,5-6,12,15-16H,4,7-11,13H2,(H,22,23,27)/t16-/m0/s1. The number of ether oxygens (including phenoxy) is 1. The molecule has 1 aliphatic heterocycles. The van der Waals surface area contributed by atoms with Crippen molar-refractivity contribution < 1.29 is 9.53 Å². The maximum atomic E-state index is 12.5. The molecule has 1 aliphatic carbocycles. The summed E-state index contributed by atoms with van der Waals surface area (Å²) in [5, 5.41) is 15.1. The molecule has 3 heterocycles. The summed E-state index contributed by atoms with van der Waals surface area (Å²) in [6.45, 7) is 1.60. The first-order chi connectivity index (χ1) is 14.8. The van der Waals surface area contributed by atoms with Crippen molar-refractivity contribution in [3.8, 4) is 11.3 Å². The van der Waals surface area contributed by atoms with Gasteiger partial charge in [-0.2, -0.15) is 0 Å². The lowest BCUT2D eigenvalue weighted by Crippen LogP contribution is -2.19. The Morgan fingerprint density at radius 2 is 2.10 bits per heavy atom. The van der Waals surface area contributed by atoms with Gasteiger partial charge < -0.3 is 14.6 Å². The predicted molar refractivity (Wildman–Crippen MR) is 118 cm³/mol. The van der Waals surface area contributed by atoms with Crippen LogP contribution in [0.3, 0.4) is 0 Å². The van der Waals surface area contributed by atoms with Crippen LogP contribution in [0, 0.1) is 0 Å². The number of anilines is 1. The van der Waals surface area contributed by atoms with Crippen LogP contribution in [0.1, 0.15) is 37.4 Å². The van der Waals surface area contributed by atoms with Crippen molar-refractivity contribution in [2.75, 3.05) is 17.7 Å². The Balaban J connectivity index is 1.21. The number of aromatic nitrogens is 4. The second-order valence-electron chi connectivity index (χ2n) is 7.60. The van der Waals surface area contributed by atoms with Crippen molar-refractivity contribution in [2.45, 2.75) is 49.4 Å². The molecule has 1 saturated heterocycles. The van der Waals surface area contributed by atoms with E-state index in [1.807, 2.05) is 35.7 Å². The minimum Gasteiger partial charge on any atom is -0.376 e. The van der Waals surface area contributed by atoms with Crippen LogP contribution in [0.15, 0.2) is 40.9 Å². The van der Waals surface area contributed by atoms with Gasteiger partial charge in [0.15, 0.2) is 10.3 Å². The quantitative estimate of drug-likeness (QED) is 0.528. The van der Waals surface area contributed by atoms with E-state index >= 15 is 0 Å². The van der Waals surface area contributed by atoms with E-state index in [1.165, 1.54) is 35.9 Å². The highest BCUT2D eigenvalue weighted by molar-refractivity contribution is 7.99. The van der Waals surface area contributed by atoms with E-state index in [0.29, 0.717) is 11.0 Å². The highest BCUT2D eigenvalue weighted by Crippen LogP contribution is 2.40. The number of carbonyl (C=O) groups excluding carboxylic acids is 1. The Labute approximate surface area is 183 Å². The van der Waals surface area contributed by atoms with E-state index in [-0.39, 0.29) is 17.8 Å². The summed E-state index contributed by atoms with van der Waals surface area (Å²) >= 11 is 2.86. The number of thioether (sulfide) groups is 1. The average molecular weight is 442 g/mol. The molecule has 1 saturated carbocycles. The van der Waals surface area contributed by atoms with Gasteiger partial charge in [-0.05, 0) is 25.7 Å². The zero-order valence-electron chi connectivity index (χ0n) is 16.5. The third kappa shape index (κ3) is 4.58. The van der Waals surface area contributed by atoms with Gasteiger partial charge in [-0.25, -0.2) is 4.98 Å². The molecule has 1 N–H and O–H groups in total. The number of thiazole rings is 1. The van der Waals surface area contributed by atoms with Gasteiger partial charge in [0.05, 0.1) is 24.1 Å². The van der Waals surface area contributed by atoms with Gasteiger partial charge in [0.2, 0.25) is 5.91 Å². The predicted octanol–water partition coefficient (Wildman–Crippen LogP) is 4.19. The maximum Gasteiger partial charge on any atom is 0.236 e. The van der Waals surface area contributed by atoms with Gasteiger partial charge in [-0.1, -0.05) is 42.1 Å². The fourth-order valence-corrected chi connectivity index (χ4v) is 5.06. The Morgan fingerprint density at radius 1 is 1.23 bits per heavy atom. The summed E-state index contributed by atoms with van der Waals surface area (Å²) in [4.78, 5) is 17.0. The summed E-state index contributed by atoms with van der Waals surface area (Å²) < 4.78 is 7.98. The SMILES string of the molecule is O=C(CSc1nnc(C2CC2)n1C[C@@H]1CCCO1)Nc1nc(-c2ccccc2)cs1. The van der Waals surface area contributed by atoms with Crippen molar-refractivity contribution in [1.29, 1.82) is 0 Å². The fourth-order valence-electron chi connectivity index (χ4n) is 3.57. The molecule has 5 rings (SSSR count). The molecule has 1 atom stereocenters. The Morgan fingerprint density at radius 3 is 2.87 bits per heavy atom. The van der Waals surface area contributed by atoms with E-state index in [0.717, 1.165) is 48.2 Å². The molecule has 0 unspecified atom stereocenters. The van der Waals surface area contributed by atoms with E-state index < -0.39 is 0 Å². The topological polar surface area (TPSA) is 81.9 Å². The molecule has 30 heavy (non-hydrogen) atoms. The second kappa shape index (κ2) is 8.87. The first-order valence-electron chi connectivity index (χ1n) is 10.2. The molecule has 156 valence electrons. The van der Waals surface area contributed by atoms with Crippen LogP contribution in [0.2, 0.25) is 0 Å². The van der Waals surface area contributed by atoms with Crippen LogP contribution >= 0.6 is 23.1 Å². The van der Waals surface area contributed by atoms with Gasteiger partial charge >= 0.3 is 0 Å². The summed E-state index contributed by atoms with van der Waals surface area (Å²) in [5.74, 6) is 1.73. The Bertz CT molecular complexity index is 1010. The van der Waals surface area contributed by atoms with Crippen LogP contribution in [0.25, 0.3) is 11.3 Å². The molecule has 1 aromatic carbocycles. The molecule has 9 heteroatoms. The molecule has 1 amide bonds. The lowest BCUT2D eigenvalue weighted by molar-refractivity contribution is -0.113. The molecule has 3 aromatic rings. The molecule has 0 bridgehead atoms. The number of rotatable bonds is 8. The highest BCUT2D eigenvalue weighted by Gasteiger charge is 2.32. The lowest BCUT2D eigenvalue weighted by atomic mass is 10.2. The molecule has 0 radical (unpaired) electrons. The van der Waals surface area contributed by atoms with E-state index in [1.54, 1.807) is 0 Å². The molecule has 2 aromatic heterocycles. The van der Waals surface area contributed by atoms with Gasteiger partial charge in [0.1, 0.15) is 5.82 Å². The molecule has 2 fully saturated rings. The first kappa shape index (κ1) is 19.7. The van der Waals surface area contributed by atoms with Crippen LogP contribution < -0.4 is 5.32 Å². The Kier molecular flexibility index (Phi) is 5.83. The van der Waals surface area contributed by atoms with Gasteiger partial charge in [0.25, 0.3) is 0 Å². The van der Waals surface area contributed by atoms with Gasteiger partial charge in [0, 0.05) is 23.5 Å². The third-order valence-corrected chi connectivity index (χ3v) is 6.98. The summed E-state index contributed by atoms with van der Waals surface area (Å²) in [6.07, 6.45) is 4.74. The van der Waals surface area contributed by atoms with Crippen molar-refractivity contribution in [2.24, 2.45) is 0 Å².